The molecule has 0 bridgehead atoms. The van der Waals surface area contributed by atoms with E-state index in [9.17, 15) is 15.1 Å². The van der Waals surface area contributed by atoms with Gasteiger partial charge in [-0.1, -0.05) is 56.4 Å². The normalized spacial score (nSPS) is 17.1. The standard InChI is InChI=1S/C22H25N3O3/c26-21(23-20-12-6-7-13-25(20)28)19(14-16-8-2-1-3-9-16)24-15-17-10-4-5-11-18(17)22(24)27/h4-7,10-13,15-16,19,27-28H,1-3,8-9,14H2/t19-/m0/s1. The number of carbonyl (C=O) groups is 1. The molecule has 6 heteroatoms. The molecule has 0 radical (unpaired) electrons. The number of hydrogen-bond acceptors (Lipinski definition) is 3. The monoisotopic (exact) mass is 379 g/mol. The lowest BCUT2D eigenvalue weighted by atomic mass is 9.84. The fourth-order valence-corrected chi connectivity index (χ4v) is 4.17. The van der Waals surface area contributed by atoms with Gasteiger partial charge in [0.15, 0.2) is 11.4 Å². The first kappa shape index (κ1) is 18.3. The first-order chi connectivity index (χ1) is 13.6. The summed E-state index contributed by atoms with van der Waals surface area (Å²) < 4.78 is 2.48. The van der Waals surface area contributed by atoms with E-state index in [0.717, 1.165) is 28.3 Å². The van der Waals surface area contributed by atoms with Crippen molar-refractivity contribution < 1.29 is 15.1 Å². The minimum absolute atomic E-state index is 0.0879. The highest BCUT2D eigenvalue weighted by Crippen LogP contribution is 2.36. The molecule has 1 atom stereocenters. The van der Waals surface area contributed by atoms with Crippen molar-refractivity contribution in [1.82, 2.24) is 9.30 Å². The summed E-state index contributed by atoms with van der Waals surface area (Å²) in [6, 6.07) is 11.9. The molecular formula is C22H25N3O3. The third kappa shape index (κ3) is 3.67. The van der Waals surface area contributed by atoms with Crippen molar-refractivity contribution in [3.8, 4) is 5.88 Å². The number of pyridine rings is 1. The third-order valence-electron chi connectivity index (χ3n) is 5.67. The van der Waals surface area contributed by atoms with E-state index in [1.54, 1.807) is 22.8 Å². The highest BCUT2D eigenvalue weighted by atomic mass is 16.5. The van der Waals surface area contributed by atoms with Crippen LogP contribution in [0.1, 0.15) is 44.6 Å². The molecule has 1 aliphatic rings. The number of carbonyl (C=O) groups excluding carboxylic acids is 1. The summed E-state index contributed by atoms with van der Waals surface area (Å²) in [5.41, 5.74) is 0.178. The molecule has 0 aliphatic heterocycles. The lowest BCUT2D eigenvalue weighted by Gasteiger charge is -2.26. The maximum absolute atomic E-state index is 13.1. The van der Waals surface area contributed by atoms with Crippen molar-refractivity contribution >= 4 is 16.7 Å². The fraction of sp³-hybridized carbons (Fsp3) is 0.364. The van der Waals surface area contributed by atoms with Crippen LogP contribution in [0.15, 0.2) is 59.9 Å². The zero-order valence-electron chi connectivity index (χ0n) is 15.7. The van der Waals surface area contributed by atoms with Crippen LogP contribution < -0.4 is 5.49 Å². The van der Waals surface area contributed by atoms with Gasteiger partial charge in [0.1, 0.15) is 6.04 Å². The molecule has 2 aromatic heterocycles. The quantitative estimate of drug-likeness (QED) is 0.672. The molecule has 0 unspecified atom stereocenters. The molecule has 6 nitrogen and oxygen atoms in total. The second kappa shape index (κ2) is 7.92. The Labute approximate surface area is 163 Å². The number of amides is 1. The number of benzene rings is 1. The molecule has 1 aliphatic carbocycles. The zero-order chi connectivity index (χ0) is 19.5. The van der Waals surface area contributed by atoms with Crippen molar-refractivity contribution in [3.05, 3.63) is 60.3 Å². The highest BCUT2D eigenvalue weighted by molar-refractivity contribution is 5.89. The molecule has 0 saturated heterocycles. The second-order valence-corrected chi connectivity index (χ2v) is 7.56. The van der Waals surface area contributed by atoms with Gasteiger partial charge in [0.2, 0.25) is 0 Å². The summed E-state index contributed by atoms with van der Waals surface area (Å²) in [4.78, 5) is 17.3. The Morgan fingerprint density at radius 2 is 1.86 bits per heavy atom. The Kier molecular flexibility index (Phi) is 5.19. The predicted molar refractivity (Wildman–Crippen MR) is 106 cm³/mol. The number of nitrogens with zero attached hydrogens (tertiary/aromatic N) is 3. The molecule has 3 aromatic rings. The van der Waals surface area contributed by atoms with E-state index in [4.69, 9.17) is 0 Å². The van der Waals surface area contributed by atoms with E-state index in [1.165, 1.54) is 25.5 Å². The van der Waals surface area contributed by atoms with Crippen molar-refractivity contribution in [2.45, 2.75) is 44.6 Å². The van der Waals surface area contributed by atoms with Crippen LogP contribution in [0.3, 0.4) is 0 Å². The third-order valence-corrected chi connectivity index (χ3v) is 5.67. The average molecular weight is 379 g/mol. The number of fused-ring (bicyclic) bond motifs is 1. The van der Waals surface area contributed by atoms with Gasteiger partial charge in [0, 0.05) is 23.2 Å². The highest BCUT2D eigenvalue weighted by Gasteiger charge is 2.28. The van der Waals surface area contributed by atoms with Crippen molar-refractivity contribution in [2.75, 3.05) is 0 Å². The molecule has 1 aromatic carbocycles. The van der Waals surface area contributed by atoms with Gasteiger partial charge in [-0.2, -0.15) is 9.72 Å². The summed E-state index contributed by atoms with van der Waals surface area (Å²) in [6.45, 7) is 0. The summed E-state index contributed by atoms with van der Waals surface area (Å²) >= 11 is 0. The molecule has 4 rings (SSSR count). The van der Waals surface area contributed by atoms with Crippen molar-refractivity contribution in [1.29, 1.82) is 0 Å². The maximum Gasteiger partial charge on any atom is 0.270 e. The first-order valence-corrected chi connectivity index (χ1v) is 9.87. The lowest BCUT2D eigenvalue weighted by Crippen LogP contribution is -2.26. The molecular weight excluding hydrogens is 354 g/mol. The molecule has 2 N–H and O–H groups in total. The average Bonchev–Trinajstić information content (AvgIpc) is 3.05. The smallest absolute Gasteiger partial charge is 0.270 e. The predicted octanol–water partition coefficient (Wildman–Crippen LogP) is 4.02. The van der Waals surface area contributed by atoms with E-state index in [-0.39, 0.29) is 17.3 Å². The Bertz CT molecular complexity index is 1040. The fourth-order valence-electron chi connectivity index (χ4n) is 4.17. The van der Waals surface area contributed by atoms with E-state index in [0.29, 0.717) is 12.3 Å². The van der Waals surface area contributed by atoms with Gasteiger partial charge in [-0.05, 0) is 30.5 Å². The Morgan fingerprint density at radius 3 is 2.61 bits per heavy atom. The number of rotatable bonds is 4. The maximum atomic E-state index is 13.1. The van der Waals surface area contributed by atoms with Crippen LogP contribution in [0.5, 0.6) is 5.88 Å². The van der Waals surface area contributed by atoms with Crippen LogP contribution in [-0.4, -0.2) is 25.5 Å². The van der Waals surface area contributed by atoms with Crippen LogP contribution in [0, 0.1) is 5.92 Å². The zero-order valence-corrected chi connectivity index (χ0v) is 15.7. The molecule has 2 heterocycles. The van der Waals surface area contributed by atoms with Crippen molar-refractivity contribution in [3.63, 3.8) is 0 Å². The van der Waals surface area contributed by atoms with E-state index >= 15 is 0 Å². The van der Waals surface area contributed by atoms with Crippen LogP contribution in [-0.2, 0) is 4.79 Å². The van der Waals surface area contributed by atoms with E-state index in [2.05, 4.69) is 4.99 Å². The van der Waals surface area contributed by atoms with Gasteiger partial charge in [0.25, 0.3) is 5.91 Å². The summed E-state index contributed by atoms with van der Waals surface area (Å²) in [6.07, 6.45) is 9.68. The molecule has 1 amide bonds. The first-order valence-electron chi connectivity index (χ1n) is 9.87. The number of hydrogen-bond donors (Lipinski definition) is 2. The van der Waals surface area contributed by atoms with Gasteiger partial charge in [-0.25, -0.2) is 0 Å². The number of aromatic nitrogens is 2. The second-order valence-electron chi connectivity index (χ2n) is 7.56. The Hall–Kier alpha value is -3.02. The van der Waals surface area contributed by atoms with Gasteiger partial charge in [0.05, 0.1) is 0 Å². The minimum atomic E-state index is -0.601. The minimum Gasteiger partial charge on any atom is -0.494 e. The van der Waals surface area contributed by atoms with Gasteiger partial charge in [-0.15, -0.1) is 0 Å². The van der Waals surface area contributed by atoms with Crippen LogP contribution >= 0.6 is 0 Å². The summed E-state index contributed by atoms with van der Waals surface area (Å²) in [5, 5.41) is 22.3. The SMILES string of the molecule is O=C(N=c1ccccn1O)[C@H](CC1CCCCC1)n1cc2ccccc2c1O. The Balaban J connectivity index is 1.74. The van der Waals surface area contributed by atoms with Gasteiger partial charge >= 0.3 is 0 Å². The van der Waals surface area contributed by atoms with Crippen LogP contribution in [0.2, 0.25) is 0 Å². The van der Waals surface area contributed by atoms with Crippen molar-refractivity contribution in [2.24, 2.45) is 10.9 Å². The van der Waals surface area contributed by atoms with Gasteiger partial charge < -0.3 is 14.9 Å². The molecule has 1 fully saturated rings. The summed E-state index contributed by atoms with van der Waals surface area (Å²) in [5.74, 6) is 0.153. The topological polar surface area (TPSA) is 79.8 Å². The largest absolute Gasteiger partial charge is 0.494 e. The van der Waals surface area contributed by atoms with Gasteiger partial charge in [-0.3, -0.25) is 4.79 Å². The molecule has 0 spiro atoms. The Morgan fingerprint density at radius 1 is 1.11 bits per heavy atom. The van der Waals surface area contributed by atoms with E-state index in [1.807, 2.05) is 30.5 Å². The van der Waals surface area contributed by atoms with Crippen LogP contribution in [0.4, 0.5) is 0 Å². The number of aromatic hydroxyl groups is 1. The molecule has 1 saturated carbocycles. The molecule has 28 heavy (non-hydrogen) atoms. The lowest BCUT2D eigenvalue weighted by molar-refractivity contribution is -0.122. The van der Waals surface area contributed by atoms with Crippen LogP contribution in [0.25, 0.3) is 10.8 Å². The summed E-state index contributed by atoms with van der Waals surface area (Å²) in [7, 11) is 0. The van der Waals surface area contributed by atoms with E-state index < -0.39 is 6.04 Å². The molecule has 146 valence electrons.